The molecule has 1 heterocycles. The fraction of sp³-hybridized carbons (Fsp3) is 0.571. The predicted molar refractivity (Wildman–Crippen MR) is 79.1 cm³/mol. The lowest BCUT2D eigenvalue weighted by molar-refractivity contribution is -0.128. The van der Waals surface area contributed by atoms with E-state index in [0.29, 0.717) is 6.54 Å². The average molecular weight is 282 g/mol. The summed E-state index contributed by atoms with van der Waals surface area (Å²) in [6.07, 6.45) is 5.07. The zero-order chi connectivity index (χ0) is 14.3. The Labute approximate surface area is 118 Å². The van der Waals surface area contributed by atoms with E-state index in [9.17, 15) is 4.79 Å². The molecule has 0 bridgehead atoms. The summed E-state index contributed by atoms with van der Waals surface area (Å²) < 4.78 is 0. The summed E-state index contributed by atoms with van der Waals surface area (Å²) in [4.78, 5) is 18.2. The van der Waals surface area contributed by atoms with Crippen LogP contribution < -0.4 is 0 Å². The van der Waals surface area contributed by atoms with Crippen LogP contribution in [0.3, 0.4) is 0 Å². The summed E-state index contributed by atoms with van der Waals surface area (Å²) in [5.41, 5.74) is 0.810. The zero-order valence-electron chi connectivity index (χ0n) is 11.8. The van der Waals surface area contributed by atoms with Crippen LogP contribution in [0.2, 0.25) is 0 Å². The third-order valence-electron chi connectivity index (χ3n) is 3.04. The van der Waals surface area contributed by atoms with Crippen molar-refractivity contribution in [1.82, 2.24) is 9.88 Å². The third-order valence-corrected chi connectivity index (χ3v) is 3.83. The van der Waals surface area contributed by atoms with Crippen LogP contribution in [0.5, 0.6) is 0 Å². The van der Waals surface area contributed by atoms with E-state index in [1.165, 1.54) is 0 Å². The number of aliphatic hydroxyl groups excluding tert-OH is 1. The molecular formula is C14H22N2O2S. The van der Waals surface area contributed by atoms with Crippen molar-refractivity contribution >= 4 is 23.3 Å². The lowest BCUT2D eigenvalue weighted by Gasteiger charge is -2.28. The normalized spacial score (nSPS) is 11.4. The second-order valence-electron chi connectivity index (χ2n) is 4.35. The van der Waals surface area contributed by atoms with Crippen molar-refractivity contribution in [3.05, 3.63) is 22.2 Å². The quantitative estimate of drug-likeness (QED) is 0.782. The Morgan fingerprint density at radius 2 is 2.21 bits per heavy atom. The van der Waals surface area contributed by atoms with Gasteiger partial charge in [0.15, 0.2) is 0 Å². The number of aliphatic hydroxyl groups is 1. The van der Waals surface area contributed by atoms with Gasteiger partial charge in [0.05, 0.1) is 17.3 Å². The smallest absolute Gasteiger partial charge is 0.246 e. The van der Waals surface area contributed by atoms with Gasteiger partial charge in [-0.3, -0.25) is 4.79 Å². The average Bonchev–Trinajstić information content (AvgIpc) is 2.82. The molecule has 19 heavy (non-hydrogen) atoms. The first-order valence-electron chi connectivity index (χ1n) is 6.64. The molecule has 0 unspecified atom stereocenters. The minimum absolute atomic E-state index is 0.00805. The Morgan fingerprint density at radius 1 is 1.53 bits per heavy atom. The van der Waals surface area contributed by atoms with Gasteiger partial charge in [-0.25, -0.2) is 4.98 Å². The Balaban J connectivity index is 2.73. The fourth-order valence-electron chi connectivity index (χ4n) is 2.02. The first-order chi connectivity index (χ1) is 9.12. The Kier molecular flexibility index (Phi) is 6.73. The SMILES string of the molecule is CCC(CC)N(CCO)C(=O)C=Cc1csc(C)n1. The summed E-state index contributed by atoms with van der Waals surface area (Å²) in [7, 11) is 0. The van der Waals surface area contributed by atoms with Crippen molar-refractivity contribution in [2.24, 2.45) is 0 Å². The van der Waals surface area contributed by atoms with E-state index in [4.69, 9.17) is 5.11 Å². The van der Waals surface area contributed by atoms with Gasteiger partial charge in [0, 0.05) is 24.0 Å². The van der Waals surface area contributed by atoms with E-state index < -0.39 is 0 Å². The number of thiazole rings is 1. The van der Waals surface area contributed by atoms with Gasteiger partial charge < -0.3 is 10.0 Å². The van der Waals surface area contributed by atoms with Gasteiger partial charge in [-0.2, -0.15) is 0 Å². The molecule has 1 aromatic heterocycles. The number of aryl methyl sites for hydroxylation is 1. The number of hydrogen-bond acceptors (Lipinski definition) is 4. The van der Waals surface area contributed by atoms with Crippen molar-refractivity contribution in [3.8, 4) is 0 Å². The minimum atomic E-state index is -0.0617. The molecule has 0 saturated carbocycles. The molecule has 5 heteroatoms. The van der Waals surface area contributed by atoms with E-state index >= 15 is 0 Å². The van der Waals surface area contributed by atoms with E-state index in [1.54, 1.807) is 28.4 Å². The zero-order valence-corrected chi connectivity index (χ0v) is 12.6. The van der Waals surface area contributed by atoms with Gasteiger partial charge in [-0.1, -0.05) is 13.8 Å². The van der Waals surface area contributed by atoms with Crippen LogP contribution in [0.4, 0.5) is 0 Å². The largest absolute Gasteiger partial charge is 0.395 e. The van der Waals surface area contributed by atoms with E-state index in [1.807, 2.05) is 12.3 Å². The Bertz CT molecular complexity index is 425. The van der Waals surface area contributed by atoms with Crippen LogP contribution in [-0.2, 0) is 4.79 Å². The number of carbonyl (C=O) groups excluding carboxylic acids is 1. The van der Waals surface area contributed by atoms with Crippen molar-refractivity contribution in [2.45, 2.75) is 39.7 Å². The molecule has 1 rings (SSSR count). The molecule has 1 aromatic rings. The van der Waals surface area contributed by atoms with E-state index in [-0.39, 0.29) is 18.6 Å². The monoisotopic (exact) mass is 282 g/mol. The first-order valence-corrected chi connectivity index (χ1v) is 7.52. The summed E-state index contributed by atoms with van der Waals surface area (Å²) in [6.45, 7) is 6.42. The molecule has 0 aromatic carbocycles. The van der Waals surface area contributed by atoms with Crippen molar-refractivity contribution in [3.63, 3.8) is 0 Å². The minimum Gasteiger partial charge on any atom is -0.395 e. The summed E-state index contributed by atoms with van der Waals surface area (Å²) in [5, 5.41) is 12.0. The molecule has 1 N–H and O–H groups in total. The molecule has 0 aliphatic heterocycles. The van der Waals surface area contributed by atoms with Crippen LogP contribution in [-0.4, -0.2) is 40.1 Å². The third kappa shape index (κ3) is 4.76. The Morgan fingerprint density at radius 3 is 2.68 bits per heavy atom. The van der Waals surface area contributed by atoms with Gasteiger partial charge in [0.2, 0.25) is 5.91 Å². The highest BCUT2D eigenvalue weighted by Crippen LogP contribution is 2.12. The second kappa shape index (κ2) is 8.07. The lowest BCUT2D eigenvalue weighted by atomic mass is 10.1. The van der Waals surface area contributed by atoms with Gasteiger partial charge in [-0.15, -0.1) is 11.3 Å². The molecule has 0 saturated heterocycles. The molecule has 4 nitrogen and oxygen atoms in total. The summed E-state index contributed by atoms with van der Waals surface area (Å²) in [5.74, 6) is -0.0617. The van der Waals surface area contributed by atoms with E-state index in [2.05, 4.69) is 18.8 Å². The molecule has 0 atom stereocenters. The Hall–Kier alpha value is -1.20. The lowest BCUT2D eigenvalue weighted by Crippen LogP contribution is -2.40. The molecule has 0 fully saturated rings. The van der Waals surface area contributed by atoms with Gasteiger partial charge in [0.25, 0.3) is 0 Å². The van der Waals surface area contributed by atoms with Crippen LogP contribution in [0.15, 0.2) is 11.5 Å². The van der Waals surface area contributed by atoms with E-state index in [0.717, 1.165) is 23.5 Å². The van der Waals surface area contributed by atoms with Crippen molar-refractivity contribution < 1.29 is 9.90 Å². The van der Waals surface area contributed by atoms with Crippen LogP contribution in [0.25, 0.3) is 6.08 Å². The molecule has 0 radical (unpaired) electrons. The number of carbonyl (C=O) groups is 1. The maximum Gasteiger partial charge on any atom is 0.246 e. The maximum atomic E-state index is 12.2. The predicted octanol–water partition coefficient (Wildman–Crippen LogP) is 2.47. The number of aromatic nitrogens is 1. The molecule has 0 spiro atoms. The molecule has 106 valence electrons. The van der Waals surface area contributed by atoms with Gasteiger partial charge in [-0.05, 0) is 25.8 Å². The van der Waals surface area contributed by atoms with Crippen LogP contribution in [0.1, 0.15) is 37.4 Å². The topological polar surface area (TPSA) is 53.4 Å². The summed E-state index contributed by atoms with van der Waals surface area (Å²) >= 11 is 1.56. The van der Waals surface area contributed by atoms with Crippen LogP contribution >= 0.6 is 11.3 Å². The van der Waals surface area contributed by atoms with Crippen molar-refractivity contribution in [1.29, 1.82) is 0 Å². The van der Waals surface area contributed by atoms with Crippen molar-refractivity contribution in [2.75, 3.05) is 13.2 Å². The number of amides is 1. The maximum absolute atomic E-state index is 12.2. The highest BCUT2D eigenvalue weighted by Gasteiger charge is 2.18. The first kappa shape index (κ1) is 15.9. The number of hydrogen-bond donors (Lipinski definition) is 1. The summed E-state index contributed by atoms with van der Waals surface area (Å²) in [6, 6.07) is 0.182. The highest BCUT2D eigenvalue weighted by atomic mass is 32.1. The highest BCUT2D eigenvalue weighted by molar-refractivity contribution is 7.09. The number of rotatable bonds is 7. The van der Waals surface area contributed by atoms with Gasteiger partial charge in [0.1, 0.15) is 0 Å². The number of nitrogens with zero attached hydrogens (tertiary/aromatic N) is 2. The van der Waals surface area contributed by atoms with Gasteiger partial charge >= 0.3 is 0 Å². The standard InChI is InChI=1S/C14H22N2O2S/c1-4-13(5-2)16(8-9-17)14(18)7-6-12-10-19-11(3)15-12/h6-7,10,13,17H,4-5,8-9H2,1-3H3. The molecule has 0 aliphatic rings. The molecular weight excluding hydrogens is 260 g/mol. The molecule has 0 aliphatic carbocycles. The van der Waals surface area contributed by atoms with Crippen LogP contribution in [0, 0.1) is 6.92 Å². The fourth-order valence-corrected chi connectivity index (χ4v) is 2.60. The molecule has 1 amide bonds. The second-order valence-corrected chi connectivity index (χ2v) is 5.41.